The number of nitriles is 1. The Morgan fingerprint density at radius 3 is 2.68 bits per heavy atom. The molecule has 1 heterocycles. The molecule has 0 fully saturated rings. The van der Waals surface area contributed by atoms with Crippen LogP contribution in [0.4, 0.5) is 0 Å². The first-order valence-electron chi connectivity index (χ1n) is 5.88. The molecule has 0 spiro atoms. The lowest BCUT2D eigenvalue weighted by atomic mass is 10.1. The van der Waals surface area contributed by atoms with Crippen LogP contribution in [-0.4, -0.2) is 10.9 Å². The van der Waals surface area contributed by atoms with Gasteiger partial charge in [0.1, 0.15) is 0 Å². The summed E-state index contributed by atoms with van der Waals surface area (Å²) < 4.78 is 0. The van der Waals surface area contributed by atoms with Gasteiger partial charge in [0.15, 0.2) is 0 Å². The monoisotopic (exact) mass is 251 g/mol. The van der Waals surface area contributed by atoms with Gasteiger partial charge in [0.2, 0.25) is 0 Å². The fourth-order valence-electron chi connectivity index (χ4n) is 1.66. The summed E-state index contributed by atoms with van der Waals surface area (Å²) >= 11 is 0. The number of carbonyl (C=O) groups excluding carboxylic acids is 1. The summed E-state index contributed by atoms with van der Waals surface area (Å²) in [5, 5.41) is 11.5. The van der Waals surface area contributed by atoms with E-state index in [-0.39, 0.29) is 5.91 Å². The summed E-state index contributed by atoms with van der Waals surface area (Å²) in [7, 11) is 0. The zero-order chi connectivity index (χ0) is 13.7. The second-order valence-corrected chi connectivity index (χ2v) is 4.24. The van der Waals surface area contributed by atoms with E-state index < -0.39 is 0 Å². The number of amides is 1. The maximum Gasteiger partial charge on any atom is 0.253 e. The lowest BCUT2D eigenvalue weighted by Gasteiger charge is -2.05. The largest absolute Gasteiger partial charge is 0.348 e. The maximum absolute atomic E-state index is 11.9. The Bertz CT molecular complexity index is 627. The number of carbonyl (C=O) groups is 1. The molecule has 1 aromatic heterocycles. The summed E-state index contributed by atoms with van der Waals surface area (Å²) in [5.74, 6) is -0.152. The number of aromatic nitrogens is 1. The quantitative estimate of drug-likeness (QED) is 0.909. The van der Waals surface area contributed by atoms with Gasteiger partial charge >= 0.3 is 0 Å². The van der Waals surface area contributed by atoms with Crippen molar-refractivity contribution in [3.05, 3.63) is 65.0 Å². The van der Waals surface area contributed by atoms with Crippen LogP contribution in [0.5, 0.6) is 0 Å². The first kappa shape index (κ1) is 12.8. The van der Waals surface area contributed by atoms with Crippen LogP contribution in [-0.2, 0) is 6.54 Å². The number of hydrogen-bond acceptors (Lipinski definition) is 3. The van der Waals surface area contributed by atoms with Crippen molar-refractivity contribution in [2.75, 3.05) is 0 Å². The molecule has 1 aromatic carbocycles. The van der Waals surface area contributed by atoms with Gasteiger partial charge in [0.05, 0.1) is 17.2 Å². The van der Waals surface area contributed by atoms with Crippen LogP contribution in [0.1, 0.15) is 27.0 Å². The standard InChI is InChI=1S/C15H13N3O/c1-11-6-14(10-17-8-11)15(19)18-9-13-4-2-12(7-16)3-5-13/h2-6,8,10H,9H2,1H3,(H,18,19). The van der Waals surface area contributed by atoms with Crippen LogP contribution in [0.3, 0.4) is 0 Å². The average Bonchev–Trinajstić information content (AvgIpc) is 2.45. The van der Waals surface area contributed by atoms with Gasteiger partial charge in [-0.25, -0.2) is 0 Å². The zero-order valence-electron chi connectivity index (χ0n) is 10.6. The third-order valence-corrected chi connectivity index (χ3v) is 2.67. The SMILES string of the molecule is Cc1cncc(C(=O)NCc2ccc(C#N)cc2)c1. The first-order chi connectivity index (χ1) is 9.19. The van der Waals surface area contributed by atoms with E-state index in [0.29, 0.717) is 17.7 Å². The topological polar surface area (TPSA) is 65.8 Å². The maximum atomic E-state index is 11.9. The van der Waals surface area contributed by atoms with Crippen LogP contribution >= 0.6 is 0 Å². The molecule has 2 aromatic rings. The molecule has 1 N–H and O–H groups in total. The minimum absolute atomic E-state index is 0.152. The lowest BCUT2D eigenvalue weighted by molar-refractivity contribution is 0.0950. The predicted molar refractivity (Wildman–Crippen MR) is 71.3 cm³/mol. The fraction of sp³-hybridized carbons (Fsp3) is 0.133. The third kappa shape index (κ3) is 3.39. The van der Waals surface area contributed by atoms with E-state index >= 15 is 0 Å². The number of pyridine rings is 1. The lowest BCUT2D eigenvalue weighted by Crippen LogP contribution is -2.22. The van der Waals surface area contributed by atoms with Gasteiger partial charge in [-0.3, -0.25) is 9.78 Å². The van der Waals surface area contributed by atoms with Crippen LogP contribution in [0.25, 0.3) is 0 Å². The summed E-state index contributed by atoms with van der Waals surface area (Å²) in [6, 6.07) is 11.0. The molecule has 0 atom stereocenters. The van der Waals surface area contributed by atoms with Gasteiger partial charge in [0.25, 0.3) is 5.91 Å². The molecule has 0 saturated carbocycles. The van der Waals surface area contributed by atoms with Gasteiger partial charge in [-0.15, -0.1) is 0 Å². The minimum Gasteiger partial charge on any atom is -0.348 e. The zero-order valence-corrected chi connectivity index (χ0v) is 10.6. The Kier molecular flexibility index (Phi) is 3.89. The Morgan fingerprint density at radius 2 is 2.05 bits per heavy atom. The van der Waals surface area contributed by atoms with Crippen molar-refractivity contribution in [2.24, 2.45) is 0 Å². The highest BCUT2D eigenvalue weighted by Gasteiger charge is 2.05. The molecule has 0 bridgehead atoms. The highest BCUT2D eigenvalue weighted by molar-refractivity contribution is 5.93. The van der Waals surface area contributed by atoms with E-state index in [9.17, 15) is 4.79 Å². The van der Waals surface area contributed by atoms with Crippen LogP contribution in [0.2, 0.25) is 0 Å². The Morgan fingerprint density at radius 1 is 1.32 bits per heavy atom. The second kappa shape index (κ2) is 5.78. The Balaban J connectivity index is 1.98. The second-order valence-electron chi connectivity index (χ2n) is 4.24. The van der Waals surface area contributed by atoms with Crippen LogP contribution in [0.15, 0.2) is 42.7 Å². The predicted octanol–water partition coefficient (Wildman–Crippen LogP) is 2.19. The molecule has 4 nitrogen and oxygen atoms in total. The molecule has 4 heteroatoms. The fourth-order valence-corrected chi connectivity index (χ4v) is 1.66. The van der Waals surface area contributed by atoms with Gasteiger partial charge in [-0.1, -0.05) is 12.1 Å². The first-order valence-corrected chi connectivity index (χ1v) is 5.88. The minimum atomic E-state index is -0.152. The van der Waals surface area contributed by atoms with Crippen molar-refractivity contribution in [3.8, 4) is 6.07 Å². The van der Waals surface area contributed by atoms with E-state index in [4.69, 9.17) is 5.26 Å². The molecule has 0 saturated heterocycles. The normalized spacial score (nSPS) is 9.68. The molecule has 2 rings (SSSR count). The molecule has 0 aliphatic carbocycles. The van der Waals surface area contributed by atoms with Gasteiger partial charge in [0, 0.05) is 18.9 Å². The molecule has 0 unspecified atom stereocenters. The summed E-state index contributed by atoms with van der Waals surface area (Å²) in [5.41, 5.74) is 3.06. The van der Waals surface area contributed by atoms with Crippen LogP contribution in [0, 0.1) is 18.3 Å². The number of rotatable bonds is 3. The van der Waals surface area contributed by atoms with Crippen molar-refractivity contribution < 1.29 is 4.79 Å². The van der Waals surface area contributed by atoms with Crippen LogP contribution < -0.4 is 5.32 Å². The van der Waals surface area contributed by atoms with Crippen molar-refractivity contribution in [2.45, 2.75) is 13.5 Å². The van der Waals surface area contributed by atoms with Gasteiger partial charge in [-0.05, 0) is 36.2 Å². The molecule has 1 amide bonds. The summed E-state index contributed by atoms with van der Waals surface area (Å²) in [6.07, 6.45) is 3.25. The van der Waals surface area contributed by atoms with E-state index in [1.165, 1.54) is 0 Å². The average molecular weight is 251 g/mol. The third-order valence-electron chi connectivity index (χ3n) is 2.67. The number of hydrogen-bond donors (Lipinski definition) is 1. The van der Waals surface area contributed by atoms with Crippen molar-refractivity contribution in [3.63, 3.8) is 0 Å². The molecule has 19 heavy (non-hydrogen) atoms. The van der Waals surface area contributed by atoms with E-state index in [1.54, 1.807) is 30.6 Å². The van der Waals surface area contributed by atoms with E-state index in [2.05, 4.69) is 16.4 Å². The van der Waals surface area contributed by atoms with Crippen molar-refractivity contribution >= 4 is 5.91 Å². The molecule has 94 valence electrons. The molecular weight excluding hydrogens is 238 g/mol. The summed E-state index contributed by atoms with van der Waals surface area (Å²) in [6.45, 7) is 2.32. The number of aryl methyl sites for hydroxylation is 1. The van der Waals surface area contributed by atoms with Crippen molar-refractivity contribution in [1.82, 2.24) is 10.3 Å². The van der Waals surface area contributed by atoms with E-state index in [0.717, 1.165) is 11.1 Å². The van der Waals surface area contributed by atoms with E-state index in [1.807, 2.05) is 19.1 Å². The molecule has 0 aliphatic rings. The molecular formula is C15H13N3O. The van der Waals surface area contributed by atoms with Gasteiger partial charge < -0.3 is 5.32 Å². The van der Waals surface area contributed by atoms with Crippen molar-refractivity contribution in [1.29, 1.82) is 5.26 Å². The highest BCUT2D eigenvalue weighted by atomic mass is 16.1. The number of benzene rings is 1. The van der Waals surface area contributed by atoms with Gasteiger partial charge in [-0.2, -0.15) is 5.26 Å². The number of nitrogens with one attached hydrogen (secondary N) is 1. The highest BCUT2D eigenvalue weighted by Crippen LogP contribution is 2.05. The number of nitrogens with zero attached hydrogens (tertiary/aromatic N) is 2. The molecule has 0 radical (unpaired) electrons. The molecule has 0 aliphatic heterocycles. The Labute approximate surface area is 111 Å². The summed E-state index contributed by atoms with van der Waals surface area (Å²) in [4.78, 5) is 15.9. The smallest absolute Gasteiger partial charge is 0.253 e. The Hall–Kier alpha value is -2.67.